The lowest BCUT2D eigenvalue weighted by molar-refractivity contribution is 0.624. The van der Waals surface area contributed by atoms with Gasteiger partial charge in [0, 0.05) is 0 Å². The van der Waals surface area contributed by atoms with Crippen LogP contribution in [-0.4, -0.2) is 0 Å². The van der Waals surface area contributed by atoms with Crippen molar-refractivity contribution in [1.29, 1.82) is 10.5 Å². The number of rotatable bonds is 0. The Bertz CT molecular complexity index is 481. The maximum atomic E-state index is 13.0. The molecule has 0 N–H and O–H groups in total. The monoisotopic (exact) mass is 184 g/mol. The highest BCUT2D eigenvalue weighted by Gasteiger charge is 1.99. The SMILES string of the molecule is N#CCC#Cc1cc(C#N)ccc1F. The minimum Gasteiger partial charge on any atom is -0.206 e. The van der Waals surface area contributed by atoms with Crippen molar-refractivity contribution in [3.63, 3.8) is 0 Å². The lowest BCUT2D eigenvalue weighted by atomic mass is 10.1. The maximum Gasteiger partial charge on any atom is 0.138 e. The van der Waals surface area contributed by atoms with Crippen LogP contribution in [0.3, 0.4) is 0 Å². The van der Waals surface area contributed by atoms with Gasteiger partial charge in [0.1, 0.15) is 5.82 Å². The number of halogens is 1. The van der Waals surface area contributed by atoms with E-state index in [0.29, 0.717) is 5.56 Å². The lowest BCUT2D eigenvalue weighted by Crippen LogP contribution is -1.85. The van der Waals surface area contributed by atoms with Crippen molar-refractivity contribution in [1.82, 2.24) is 0 Å². The third kappa shape index (κ3) is 2.34. The molecule has 0 saturated heterocycles. The Balaban J connectivity index is 3.05. The van der Waals surface area contributed by atoms with Crippen LogP contribution in [-0.2, 0) is 0 Å². The highest BCUT2D eigenvalue weighted by molar-refractivity contribution is 5.42. The van der Waals surface area contributed by atoms with Gasteiger partial charge in [-0.15, -0.1) is 0 Å². The van der Waals surface area contributed by atoms with Crippen LogP contribution in [0, 0.1) is 40.3 Å². The van der Waals surface area contributed by atoms with E-state index in [1.165, 1.54) is 18.2 Å². The summed E-state index contributed by atoms with van der Waals surface area (Å²) in [5.41, 5.74) is 0.506. The van der Waals surface area contributed by atoms with Crippen molar-refractivity contribution >= 4 is 0 Å². The van der Waals surface area contributed by atoms with Gasteiger partial charge < -0.3 is 0 Å². The molecule has 0 aliphatic rings. The maximum absolute atomic E-state index is 13.0. The predicted molar refractivity (Wildman–Crippen MR) is 48.2 cm³/mol. The molecule has 0 aliphatic carbocycles. The Morgan fingerprint density at radius 2 is 2.07 bits per heavy atom. The summed E-state index contributed by atoms with van der Waals surface area (Å²) in [6.07, 6.45) is 0.0518. The predicted octanol–water partition coefficient (Wildman–Crippen LogP) is 1.96. The van der Waals surface area contributed by atoms with Crippen LogP contribution in [0.4, 0.5) is 4.39 Å². The Labute approximate surface area is 81.2 Å². The van der Waals surface area contributed by atoms with Crippen molar-refractivity contribution in [3.8, 4) is 24.0 Å². The molecule has 14 heavy (non-hydrogen) atoms. The molecule has 0 aromatic heterocycles. The summed E-state index contributed by atoms with van der Waals surface area (Å²) in [4.78, 5) is 0. The van der Waals surface area contributed by atoms with Gasteiger partial charge in [-0.3, -0.25) is 0 Å². The second kappa shape index (κ2) is 4.65. The number of benzene rings is 1. The molecule has 0 bridgehead atoms. The molecule has 0 fully saturated rings. The van der Waals surface area contributed by atoms with Gasteiger partial charge in [-0.1, -0.05) is 11.8 Å². The average molecular weight is 184 g/mol. The minimum absolute atomic E-state index is 0.0518. The van der Waals surface area contributed by atoms with Crippen LogP contribution in [0.25, 0.3) is 0 Å². The Hall–Kier alpha value is -2.31. The normalized spacial score (nSPS) is 7.93. The molecule has 3 heteroatoms. The first kappa shape index (κ1) is 9.78. The lowest BCUT2D eigenvalue weighted by Gasteiger charge is -1.93. The first-order valence-electron chi connectivity index (χ1n) is 3.83. The second-order valence-electron chi connectivity index (χ2n) is 2.44. The summed E-state index contributed by atoms with van der Waals surface area (Å²) in [6.45, 7) is 0. The molecule has 0 atom stereocenters. The van der Waals surface area contributed by atoms with E-state index >= 15 is 0 Å². The Morgan fingerprint density at radius 1 is 1.29 bits per heavy atom. The van der Waals surface area contributed by atoms with Crippen molar-refractivity contribution in [2.75, 3.05) is 0 Å². The smallest absolute Gasteiger partial charge is 0.138 e. The van der Waals surface area contributed by atoms with Crippen LogP contribution in [0.5, 0.6) is 0 Å². The first-order chi connectivity index (χ1) is 6.77. The van der Waals surface area contributed by atoms with Gasteiger partial charge in [0.05, 0.1) is 29.7 Å². The zero-order valence-electron chi connectivity index (χ0n) is 7.21. The fourth-order valence-electron chi connectivity index (χ4n) is 0.870. The molecule has 1 rings (SSSR count). The van der Waals surface area contributed by atoms with Crippen LogP contribution in [0.1, 0.15) is 17.5 Å². The number of nitrogens with zero attached hydrogens (tertiary/aromatic N) is 2. The molecular formula is C11H5FN2. The van der Waals surface area contributed by atoms with Crippen molar-refractivity contribution < 1.29 is 4.39 Å². The molecule has 0 radical (unpaired) electrons. The van der Waals surface area contributed by atoms with E-state index in [4.69, 9.17) is 10.5 Å². The number of hydrogen-bond acceptors (Lipinski definition) is 2. The molecule has 0 unspecified atom stereocenters. The fourth-order valence-corrected chi connectivity index (χ4v) is 0.870. The standard InChI is InChI=1S/C11H5FN2/c12-11-5-4-9(8-14)7-10(11)3-1-2-6-13/h4-5,7H,2H2. The highest BCUT2D eigenvalue weighted by Crippen LogP contribution is 2.08. The quantitative estimate of drug-likeness (QED) is 0.578. The van der Waals surface area contributed by atoms with Crippen LogP contribution < -0.4 is 0 Å². The Morgan fingerprint density at radius 3 is 2.71 bits per heavy atom. The minimum atomic E-state index is -0.477. The van der Waals surface area contributed by atoms with Crippen molar-refractivity contribution in [3.05, 3.63) is 35.1 Å². The molecular weight excluding hydrogens is 179 g/mol. The number of nitriles is 2. The van der Waals surface area contributed by atoms with E-state index in [2.05, 4.69) is 11.8 Å². The van der Waals surface area contributed by atoms with Crippen LogP contribution in [0.2, 0.25) is 0 Å². The zero-order chi connectivity index (χ0) is 10.4. The fraction of sp³-hybridized carbons (Fsp3) is 0.0909. The second-order valence-corrected chi connectivity index (χ2v) is 2.44. The third-order valence-corrected chi connectivity index (χ3v) is 1.49. The van der Waals surface area contributed by atoms with Gasteiger partial charge >= 0.3 is 0 Å². The molecule has 0 heterocycles. The van der Waals surface area contributed by atoms with Crippen LogP contribution >= 0.6 is 0 Å². The van der Waals surface area contributed by atoms with E-state index < -0.39 is 5.82 Å². The molecule has 0 aliphatic heterocycles. The van der Waals surface area contributed by atoms with Gasteiger partial charge in [-0.2, -0.15) is 10.5 Å². The average Bonchev–Trinajstić information content (AvgIpc) is 2.21. The van der Waals surface area contributed by atoms with Crippen LogP contribution in [0.15, 0.2) is 18.2 Å². The van der Waals surface area contributed by atoms with E-state index in [1.807, 2.05) is 12.1 Å². The summed E-state index contributed by atoms with van der Waals surface area (Å²) in [7, 11) is 0. The molecule has 66 valence electrons. The van der Waals surface area contributed by atoms with Gasteiger partial charge in [-0.25, -0.2) is 4.39 Å². The molecule has 1 aromatic rings. The third-order valence-electron chi connectivity index (χ3n) is 1.49. The van der Waals surface area contributed by atoms with Gasteiger partial charge in [0.2, 0.25) is 0 Å². The van der Waals surface area contributed by atoms with Gasteiger partial charge in [0.15, 0.2) is 0 Å². The summed E-state index contributed by atoms with van der Waals surface area (Å²) < 4.78 is 13.0. The van der Waals surface area contributed by atoms with E-state index in [9.17, 15) is 4.39 Å². The molecule has 0 saturated carbocycles. The highest BCUT2D eigenvalue weighted by atomic mass is 19.1. The van der Waals surface area contributed by atoms with E-state index in [0.717, 1.165) is 0 Å². The first-order valence-corrected chi connectivity index (χ1v) is 3.83. The summed E-state index contributed by atoms with van der Waals surface area (Å²) in [5.74, 6) is 4.50. The van der Waals surface area contributed by atoms with E-state index in [-0.39, 0.29) is 12.0 Å². The van der Waals surface area contributed by atoms with Gasteiger partial charge in [-0.05, 0) is 18.2 Å². The van der Waals surface area contributed by atoms with Crippen molar-refractivity contribution in [2.24, 2.45) is 0 Å². The largest absolute Gasteiger partial charge is 0.206 e. The number of hydrogen-bond donors (Lipinski definition) is 0. The summed E-state index contributed by atoms with van der Waals surface area (Å²) in [5, 5.41) is 16.8. The topological polar surface area (TPSA) is 47.6 Å². The Kier molecular flexibility index (Phi) is 3.25. The molecule has 2 nitrogen and oxygen atoms in total. The zero-order valence-corrected chi connectivity index (χ0v) is 7.21. The summed E-state index contributed by atoms with van der Waals surface area (Å²) in [6, 6.07) is 7.64. The van der Waals surface area contributed by atoms with Crippen molar-refractivity contribution in [2.45, 2.75) is 6.42 Å². The van der Waals surface area contributed by atoms with E-state index in [1.54, 1.807) is 0 Å². The molecule has 1 aromatic carbocycles. The molecule has 0 amide bonds. The molecule has 0 spiro atoms. The summed E-state index contributed by atoms with van der Waals surface area (Å²) >= 11 is 0. The van der Waals surface area contributed by atoms with Gasteiger partial charge in [0.25, 0.3) is 0 Å².